The van der Waals surface area contributed by atoms with Crippen LogP contribution in [-0.2, 0) is 6.54 Å². The second-order valence-corrected chi connectivity index (χ2v) is 5.37. The van der Waals surface area contributed by atoms with Gasteiger partial charge in [-0.15, -0.1) is 0 Å². The van der Waals surface area contributed by atoms with Crippen LogP contribution in [0.25, 0.3) is 0 Å². The smallest absolute Gasteiger partial charge is 0.292 e. The lowest BCUT2D eigenvalue weighted by Gasteiger charge is -2.26. The minimum absolute atomic E-state index is 0.188. The second kappa shape index (κ2) is 7.24. The number of piperidine rings is 1. The Morgan fingerprint density at radius 3 is 2.70 bits per heavy atom. The van der Waals surface area contributed by atoms with Gasteiger partial charge in [0.05, 0.1) is 4.92 Å². The Kier molecular flexibility index (Phi) is 5.35. The first-order valence-corrected chi connectivity index (χ1v) is 7.44. The largest absolute Gasteiger partial charge is 0.380 e. The van der Waals surface area contributed by atoms with Gasteiger partial charge in [-0.25, -0.2) is 0 Å². The van der Waals surface area contributed by atoms with Gasteiger partial charge in [0.25, 0.3) is 5.69 Å². The molecule has 1 fully saturated rings. The molecule has 1 N–H and O–H groups in total. The number of hydrogen-bond donors (Lipinski definition) is 1. The molecule has 0 atom stereocenters. The molecule has 0 aromatic heterocycles. The molecule has 5 nitrogen and oxygen atoms in total. The van der Waals surface area contributed by atoms with Crippen molar-refractivity contribution in [2.45, 2.75) is 39.2 Å². The van der Waals surface area contributed by atoms with Gasteiger partial charge in [-0.3, -0.25) is 15.0 Å². The van der Waals surface area contributed by atoms with Gasteiger partial charge in [0.2, 0.25) is 0 Å². The molecule has 1 heterocycles. The molecule has 5 heteroatoms. The van der Waals surface area contributed by atoms with Gasteiger partial charge < -0.3 is 5.32 Å². The summed E-state index contributed by atoms with van der Waals surface area (Å²) in [4.78, 5) is 13.3. The van der Waals surface area contributed by atoms with Crippen molar-refractivity contribution in [3.8, 4) is 0 Å². The third-order valence-corrected chi connectivity index (χ3v) is 3.68. The molecule has 20 heavy (non-hydrogen) atoms. The Balaban J connectivity index is 2.09. The Bertz CT molecular complexity index is 456. The van der Waals surface area contributed by atoms with E-state index in [1.165, 1.54) is 19.3 Å². The lowest BCUT2D eigenvalue weighted by atomic mass is 10.1. The number of benzene rings is 1. The molecule has 110 valence electrons. The molecule has 1 saturated heterocycles. The summed E-state index contributed by atoms with van der Waals surface area (Å²) in [6.07, 6.45) is 4.72. The van der Waals surface area contributed by atoms with Crippen LogP contribution in [0.1, 0.15) is 38.2 Å². The summed E-state index contributed by atoms with van der Waals surface area (Å²) in [6, 6.07) is 5.55. The molecule has 0 unspecified atom stereocenters. The summed E-state index contributed by atoms with van der Waals surface area (Å²) >= 11 is 0. The van der Waals surface area contributed by atoms with Crippen LogP contribution in [0.15, 0.2) is 18.2 Å². The summed E-state index contributed by atoms with van der Waals surface area (Å²) in [7, 11) is 0. The quantitative estimate of drug-likeness (QED) is 0.639. The predicted octanol–water partition coefficient (Wildman–Crippen LogP) is 3.40. The van der Waals surface area contributed by atoms with Crippen molar-refractivity contribution in [1.82, 2.24) is 4.90 Å². The van der Waals surface area contributed by atoms with Crippen molar-refractivity contribution in [2.24, 2.45) is 0 Å². The summed E-state index contributed by atoms with van der Waals surface area (Å²) in [5, 5.41) is 14.3. The fraction of sp³-hybridized carbons (Fsp3) is 0.600. The number of rotatable bonds is 6. The van der Waals surface area contributed by atoms with Crippen LogP contribution < -0.4 is 5.32 Å². The Morgan fingerprint density at radius 2 is 2.05 bits per heavy atom. The second-order valence-electron chi connectivity index (χ2n) is 5.37. The maximum Gasteiger partial charge on any atom is 0.292 e. The maximum atomic E-state index is 11.2. The van der Waals surface area contributed by atoms with Gasteiger partial charge >= 0.3 is 0 Å². The van der Waals surface area contributed by atoms with E-state index in [1.54, 1.807) is 6.07 Å². The summed E-state index contributed by atoms with van der Waals surface area (Å²) in [5.41, 5.74) is 1.84. The zero-order valence-corrected chi connectivity index (χ0v) is 12.1. The number of nitro groups is 1. The topological polar surface area (TPSA) is 58.4 Å². The molecule has 0 bridgehead atoms. The average molecular weight is 277 g/mol. The van der Waals surface area contributed by atoms with Gasteiger partial charge in [-0.1, -0.05) is 19.4 Å². The molecule has 0 saturated carbocycles. The van der Waals surface area contributed by atoms with Crippen LogP contribution in [0, 0.1) is 10.1 Å². The van der Waals surface area contributed by atoms with E-state index in [2.05, 4.69) is 10.2 Å². The molecule has 0 radical (unpaired) electrons. The minimum atomic E-state index is -0.294. The zero-order chi connectivity index (χ0) is 14.4. The third-order valence-electron chi connectivity index (χ3n) is 3.68. The molecule has 0 aliphatic carbocycles. The summed E-state index contributed by atoms with van der Waals surface area (Å²) < 4.78 is 0. The van der Waals surface area contributed by atoms with E-state index < -0.39 is 0 Å². The maximum absolute atomic E-state index is 11.2. The third kappa shape index (κ3) is 3.93. The van der Waals surface area contributed by atoms with Crippen LogP contribution in [0.2, 0.25) is 0 Å². The van der Waals surface area contributed by atoms with Crippen LogP contribution in [0.5, 0.6) is 0 Å². The zero-order valence-electron chi connectivity index (χ0n) is 12.1. The van der Waals surface area contributed by atoms with Gasteiger partial charge in [-0.2, -0.15) is 0 Å². The number of nitrogens with zero attached hydrogens (tertiary/aromatic N) is 2. The standard InChI is InChI=1S/C15H23N3O2/c1-2-8-16-14-7-6-13(11-15(14)18(19)20)12-17-9-4-3-5-10-17/h6-7,11,16H,2-5,8-10,12H2,1H3. The molecule has 1 aromatic carbocycles. The summed E-state index contributed by atoms with van der Waals surface area (Å²) in [5.74, 6) is 0. The van der Waals surface area contributed by atoms with Gasteiger partial charge in [0.15, 0.2) is 0 Å². The highest BCUT2D eigenvalue weighted by molar-refractivity contribution is 5.62. The monoisotopic (exact) mass is 277 g/mol. The van der Waals surface area contributed by atoms with Gasteiger partial charge in [0, 0.05) is 19.2 Å². The Hall–Kier alpha value is -1.62. The molecular formula is C15H23N3O2. The lowest BCUT2D eigenvalue weighted by molar-refractivity contribution is -0.384. The van der Waals surface area contributed by atoms with Crippen LogP contribution in [-0.4, -0.2) is 29.5 Å². The molecule has 2 rings (SSSR count). The minimum Gasteiger partial charge on any atom is -0.380 e. The van der Waals surface area contributed by atoms with E-state index in [0.29, 0.717) is 5.69 Å². The number of likely N-dealkylation sites (tertiary alicyclic amines) is 1. The average Bonchev–Trinajstić information content (AvgIpc) is 2.47. The van der Waals surface area contributed by atoms with Crippen molar-refractivity contribution in [3.05, 3.63) is 33.9 Å². The number of nitro benzene ring substituents is 1. The van der Waals surface area contributed by atoms with E-state index in [0.717, 1.165) is 38.2 Å². The Labute approximate surface area is 120 Å². The van der Waals surface area contributed by atoms with Gasteiger partial charge in [0.1, 0.15) is 5.69 Å². The lowest BCUT2D eigenvalue weighted by Crippen LogP contribution is -2.29. The first-order chi connectivity index (χ1) is 9.70. The SMILES string of the molecule is CCCNc1ccc(CN2CCCCC2)cc1[N+](=O)[O-]. The Morgan fingerprint density at radius 1 is 1.30 bits per heavy atom. The van der Waals surface area contributed by atoms with E-state index >= 15 is 0 Å². The molecule has 1 aromatic rings. The highest BCUT2D eigenvalue weighted by Crippen LogP contribution is 2.26. The normalized spacial score (nSPS) is 16.1. The highest BCUT2D eigenvalue weighted by atomic mass is 16.6. The molecule has 1 aliphatic heterocycles. The van der Waals surface area contributed by atoms with Crippen molar-refractivity contribution in [1.29, 1.82) is 0 Å². The fourth-order valence-corrected chi connectivity index (χ4v) is 2.61. The molecule has 0 spiro atoms. The molecule has 1 aliphatic rings. The number of nitrogens with one attached hydrogen (secondary N) is 1. The van der Waals surface area contributed by atoms with Crippen LogP contribution in [0.4, 0.5) is 11.4 Å². The van der Waals surface area contributed by atoms with Crippen molar-refractivity contribution < 1.29 is 4.92 Å². The molecular weight excluding hydrogens is 254 g/mol. The van der Waals surface area contributed by atoms with E-state index in [1.807, 2.05) is 19.1 Å². The number of anilines is 1. The van der Waals surface area contributed by atoms with E-state index in [9.17, 15) is 10.1 Å². The summed E-state index contributed by atoms with van der Waals surface area (Å²) in [6.45, 7) is 5.82. The van der Waals surface area contributed by atoms with Crippen LogP contribution >= 0.6 is 0 Å². The molecule has 0 amide bonds. The first kappa shape index (κ1) is 14.8. The first-order valence-electron chi connectivity index (χ1n) is 7.44. The van der Waals surface area contributed by atoms with E-state index in [4.69, 9.17) is 0 Å². The van der Waals surface area contributed by atoms with Gasteiger partial charge in [-0.05, 0) is 44.0 Å². The van der Waals surface area contributed by atoms with Crippen LogP contribution in [0.3, 0.4) is 0 Å². The van der Waals surface area contributed by atoms with E-state index in [-0.39, 0.29) is 10.6 Å². The predicted molar refractivity (Wildman–Crippen MR) is 81.0 cm³/mol. The number of hydrogen-bond acceptors (Lipinski definition) is 4. The van der Waals surface area contributed by atoms with Crippen molar-refractivity contribution >= 4 is 11.4 Å². The highest BCUT2D eigenvalue weighted by Gasteiger charge is 2.16. The van der Waals surface area contributed by atoms with Crippen molar-refractivity contribution in [3.63, 3.8) is 0 Å². The van der Waals surface area contributed by atoms with Crippen molar-refractivity contribution in [2.75, 3.05) is 25.0 Å². The fourth-order valence-electron chi connectivity index (χ4n) is 2.61.